The quantitative estimate of drug-likeness (QED) is 0.645. The number of aryl methyl sites for hydroxylation is 2. The average molecular weight is 349 g/mol. The summed E-state index contributed by atoms with van der Waals surface area (Å²) < 4.78 is 5.75. The minimum atomic E-state index is -0.440. The Morgan fingerprint density at radius 3 is 2.57 bits per heavy atom. The lowest BCUT2D eigenvalue weighted by atomic mass is 10.1. The number of anilines is 3. The van der Waals surface area contributed by atoms with Crippen molar-refractivity contribution in [3.63, 3.8) is 0 Å². The van der Waals surface area contributed by atoms with E-state index >= 15 is 0 Å². The molecular formula is C16H17BrN2O2. The number of rotatable bonds is 3. The van der Waals surface area contributed by atoms with Gasteiger partial charge < -0.3 is 15.8 Å². The molecule has 0 spiro atoms. The molecule has 2 rings (SSSR count). The van der Waals surface area contributed by atoms with Crippen LogP contribution in [0.1, 0.15) is 21.5 Å². The average Bonchev–Trinajstić information content (AvgIpc) is 2.45. The molecule has 0 fully saturated rings. The highest BCUT2D eigenvalue weighted by atomic mass is 79.9. The van der Waals surface area contributed by atoms with Gasteiger partial charge in [-0.3, -0.25) is 0 Å². The maximum atomic E-state index is 11.8. The van der Waals surface area contributed by atoms with Crippen LogP contribution in [-0.4, -0.2) is 13.1 Å². The van der Waals surface area contributed by atoms with Gasteiger partial charge in [0.05, 0.1) is 12.7 Å². The fourth-order valence-corrected chi connectivity index (χ4v) is 2.39. The molecule has 0 amide bonds. The number of hydrogen-bond donors (Lipinski definition) is 2. The Labute approximate surface area is 132 Å². The van der Waals surface area contributed by atoms with Crippen LogP contribution in [0.4, 0.5) is 17.1 Å². The largest absolute Gasteiger partial charge is 0.465 e. The van der Waals surface area contributed by atoms with E-state index in [1.807, 2.05) is 38.1 Å². The summed E-state index contributed by atoms with van der Waals surface area (Å²) in [5, 5.41) is 3.31. The first kappa shape index (κ1) is 15.4. The minimum absolute atomic E-state index is 0.368. The van der Waals surface area contributed by atoms with Crippen LogP contribution in [-0.2, 0) is 4.74 Å². The van der Waals surface area contributed by atoms with Crippen LogP contribution in [0.15, 0.2) is 34.8 Å². The summed E-state index contributed by atoms with van der Waals surface area (Å²) in [6, 6.07) is 9.59. The molecule has 3 N–H and O–H groups in total. The van der Waals surface area contributed by atoms with Crippen molar-refractivity contribution in [1.82, 2.24) is 0 Å². The van der Waals surface area contributed by atoms with Crippen molar-refractivity contribution in [3.05, 3.63) is 51.5 Å². The third-order valence-electron chi connectivity index (χ3n) is 3.27. The number of carbonyl (C=O) groups is 1. The smallest absolute Gasteiger partial charge is 0.340 e. The fourth-order valence-electron chi connectivity index (χ4n) is 2.03. The Morgan fingerprint density at radius 2 is 1.90 bits per heavy atom. The number of ether oxygens (including phenoxy) is 1. The number of esters is 1. The van der Waals surface area contributed by atoms with E-state index in [1.54, 1.807) is 6.07 Å². The summed E-state index contributed by atoms with van der Waals surface area (Å²) in [6.07, 6.45) is 0. The summed E-state index contributed by atoms with van der Waals surface area (Å²) in [5.74, 6) is -0.440. The van der Waals surface area contributed by atoms with Crippen molar-refractivity contribution in [2.75, 3.05) is 18.2 Å². The predicted octanol–water partition coefficient (Wildman–Crippen LogP) is 4.18. The van der Waals surface area contributed by atoms with Gasteiger partial charge in [0.1, 0.15) is 0 Å². The van der Waals surface area contributed by atoms with Crippen LogP contribution < -0.4 is 11.1 Å². The summed E-state index contributed by atoms with van der Waals surface area (Å²) >= 11 is 3.45. The maximum absolute atomic E-state index is 11.8. The summed E-state index contributed by atoms with van der Waals surface area (Å²) in [5.41, 5.74) is 10.4. The van der Waals surface area contributed by atoms with E-state index in [9.17, 15) is 4.79 Å². The zero-order chi connectivity index (χ0) is 15.6. The van der Waals surface area contributed by atoms with Gasteiger partial charge in [-0.25, -0.2) is 4.79 Å². The molecule has 21 heavy (non-hydrogen) atoms. The number of methoxy groups -OCH3 is 1. The Morgan fingerprint density at radius 1 is 1.19 bits per heavy atom. The highest BCUT2D eigenvalue weighted by Gasteiger charge is 2.14. The number of halogens is 1. The molecule has 0 aliphatic carbocycles. The molecule has 4 nitrogen and oxygen atoms in total. The minimum Gasteiger partial charge on any atom is -0.465 e. The number of benzene rings is 2. The van der Waals surface area contributed by atoms with Crippen LogP contribution >= 0.6 is 15.9 Å². The number of nitrogens with two attached hydrogens (primary N) is 1. The molecule has 0 radical (unpaired) electrons. The van der Waals surface area contributed by atoms with E-state index in [0.29, 0.717) is 11.3 Å². The van der Waals surface area contributed by atoms with Crippen LogP contribution in [0.25, 0.3) is 0 Å². The second-order valence-electron chi connectivity index (χ2n) is 4.83. The van der Waals surface area contributed by atoms with Crippen LogP contribution in [0, 0.1) is 13.8 Å². The van der Waals surface area contributed by atoms with E-state index in [4.69, 9.17) is 10.5 Å². The molecular weight excluding hydrogens is 332 g/mol. The zero-order valence-corrected chi connectivity index (χ0v) is 13.7. The second-order valence-corrected chi connectivity index (χ2v) is 5.75. The standard InChI is InChI=1S/C16H17BrN2O2/c1-9-4-5-11(17)7-14(9)19-12-6-10(2)15(18)13(8-12)16(20)21-3/h4-8,19H,18H2,1-3H3. The summed E-state index contributed by atoms with van der Waals surface area (Å²) in [7, 11) is 1.34. The number of nitrogen functional groups attached to an aromatic ring is 1. The molecule has 2 aromatic carbocycles. The number of hydrogen-bond acceptors (Lipinski definition) is 4. The number of nitrogens with one attached hydrogen (secondary N) is 1. The number of carbonyl (C=O) groups excluding carboxylic acids is 1. The lowest BCUT2D eigenvalue weighted by Crippen LogP contribution is -2.08. The van der Waals surface area contributed by atoms with E-state index < -0.39 is 5.97 Å². The van der Waals surface area contributed by atoms with E-state index in [-0.39, 0.29) is 0 Å². The molecule has 0 aliphatic heterocycles. The molecule has 0 heterocycles. The molecule has 110 valence electrons. The molecule has 0 aromatic heterocycles. The van der Waals surface area contributed by atoms with Crippen molar-refractivity contribution in [1.29, 1.82) is 0 Å². The van der Waals surface area contributed by atoms with Gasteiger partial charge in [0.2, 0.25) is 0 Å². The van der Waals surface area contributed by atoms with Gasteiger partial charge in [0.15, 0.2) is 0 Å². The Balaban J connectivity index is 2.43. The van der Waals surface area contributed by atoms with Gasteiger partial charge in [0, 0.05) is 21.5 Å². The molecule has 5 heteroatoms. The third-order valence-corrected chi connectivity index (χ3v) is 3.76. The predicted molar refractivity (Wildman–Crippen MR) is 89.1 cm³/mol. The topological polar surface area (TPSA) is 64.3 Å². The van der Waals surface area contributed by atoms with E-state index in [1.165, 1.54) is 7.11 Å². The highest BCUT2D eigenvalue weighted by Crippen LogP contribution is 2.28. The van der Waals surface area contributed by atoms with Gasteiger partial charge in [-0.15, -0.1) is 0 Å². The molecule has 0 unspecified atom stereocenters. The Kier molecular flexibility index (Phi) is 4.53. The summed E-state index contributed by atoms with van der Waals surface area (Å²) in [6.45, 7) is 3.88. The Bertz CT molecular complexity index is 699. The monoisotopic (exact) mass is 348 g/mol. The van der Waals surface area contributed by atoms with E-state index in [0.717, 1.165) is 27.0 Å². The van der Waals surface area contributed by atoms with Gasteiger partial charge in [-0.1, -0.05) is 22.0 Å². The molecule has 0 saturated heterocycles. The summed E-state index contributed by atoms with van der Waals surface area (Å²) in [4.78, 5) is 11.8. The molecule has 0 bridgehead atoms. The van der Waals surface area contributed by atoms with Crippen molar-refractivity contribution in [2.45, 2.75) is 13.8 Å². The molecule has 0 saturated carbocycles. The first-order valence-corrected chi connectivity index (χ1v) is 7.23. The van der Waals surface area contributed by atoms with Crippen LogP contribution in [0.5, 0.6) is 0 Å². The van der Waals surface area contributed by atoms with Gasteiger partial charge in [-0.05, 0) is 49.2 Å². The molecule has 0 atom stereocenters. The fraction of sp³-hybridized carbons (Fsp3) is 0.188. The van der Waals surface area contributed by atoms with Crippen molar-refractivity contribution >= 4 is 39.0 Å². The van der Waals surface area contributed by atoms with Crippen molar-refractivity contribution in [2.24, 2.45) is 0 Å². The van der Waals surface area contributed by atoms with Gasteiger partial charge in [0.25, 0.3) is 0 Å². The highest BCUT2D eigenvalue weighted by molar-refractivity contribution is 9.10. The molecule has 0 aliphatic rings. The van der Waals surface area contributed by atoms with Crippen LogP contribution in [0.3, 0.4) is 0 Å². The molecule has 2 aromatic rings. The lowest BCUT2D eigenvalue weighted by molar-refractivity contribution is 0.0602. The maximum Gasteiger partial charge on any atom is 0.340 e. The lowest BCUT2D eigenvalue weighted by Gasteiger charge is -2.14. The van der Waals surface area contributed by atoms with Gasteiger partial charge >= 0.3 is 5.97 Å². The second kappa shape index (κ2) is 6.18. The van der Waals surface area contributed by atoms with Gasteiger partial charge in [-0.2, -0.15) is 0 Å². The van der Waals surface area contributed by atoms with Crippen molar-refractivity contribution in [3.8, 4) is 0 Å². The van der Waals surface area contributed by atoms with Crippen LogP contribution in [0.2, 0.25) is 0 Å². The van der Waals surface area contributed by atoms with E-state index in [2.05, 4.69) is 21.2 Å². The third kappa shape index (κ3) is 3.36. The zero-order valence-electron chi connectivity index (χ0n) is 12.2. The Hall–Kier alpha value is -2.01. The SMILES string of the molecule is COC(=O)c1cc(Nc2cc(Br)ccc2C)cc(C)c1N. The first-order valence-electron chi connectivity index (χ1n) is 6.44. The normalized spacial score (nSPS) is 10.3. The van der Waals surface area contributed by atoms with Crippen molar-refractivity contribution < 1.29 is 9.53 Å². The first-order chi connectivity index (χ1) is 9.92.